The van der Waals surface area contributed by atoms with Crippen molar-refractivity contribution in [2.24, 2.45) is 5.92 Å². The summed E-state index contributed by atoms with van der Waals surface area (Å²) in [6.07, 6.45) is 3.00. The second-order valence-corrected chi connectivity index (χ2v) is 5.57. The van der Waals surface area contributed by atoms with E-state index in [2.05, 4.69) is 59.0 Å². The van der Waals surface area contributed by atoms with Crippen molar-refractivity contribution in [2.45, 2.75) is 20.3 Å². The van der Waals surface area contributed by atoms with Crippen LogP contribution >= 0.6 is 15.9 Å². The summed E-state index contributed by atoms with van der Waals surface area (Å²) >= 11 is 3.49. The zero-order valence-electron chi connectivity index (χ0n) is 10.2. The van der Waals surface area contributed by atoms with Gasteiger partial charge in [-0.1, -0.05) is 41.9 Å². The van der Waals surface area contributed by atoms with Gasteiger partial charge in [0, 0.05) is 16.2 Å². The van der Waals surface area contributed by atoms with Gasteiger partial charge in [-0.15, -0.1) is 0 Å². The normalized spacial score (nSPS) is 10.8. The van der Waals surface area contributed by atoms with Crippen molar-refractivity contribution in [3.8, 4) is 11.3 Å². The zero-order valence-corrected chi connectivity index (χ0v) is 11.7. The number of pyridine rings is 1. The minimum Gasteiger partial charge on any atom is -0.256 e. The molecule has 1 nitrogen and oxygen atoms in total. The Morgan fingerprint density at radius 3 is 2.71 bits per heavy atom. The van der Waals surface area contributed by atoms with Crippen LogP contribution in [0.15, 0.2) is 47.1 Å². The minimum atomic E-state index is 0.674. The van der Waals surface area contributed by atoms with Crippen molar-refractivity contribution >= 4 is 15.9 Å². The van der Waals surface area contributed by atoms with Gasteiger partial charge in [0.2, 0.25) is 0 Å². The highest BCUT2D eigenvalue weighted by Gasteiger charge is 2.03. The molecule has 1 aromatic heterocycles. The van der Waals surface area contributed by atoms with Gasteiger partial charge in [0.1, 0.15) is 0 Å². The van der Waals surface area contributed by atoms with Crippen molar-refractivity contribution in [2.75, 3.05) is 0 Å². The highest BCUT2D eigenvalue weighted by molar-refractivity contribution is 9.10. The van der Waals surface area contributed by atoms with Crippen LogP contribution in [0.2, 0.25) is 0 Å². The molecule has 0 saturated heterocycles. The predicted octanol–water partition coefficient (Wildman–Crippen LogP) is 4.71. The SMILES string of the molecule is CC(C)Cc1ccnc(-c2cccc(Br)c2)c1. The first-order chi connectivity index (χ1) is 8.15. The first kappa shape index (κ1) is 12.3. The first-order valence-electron chi connectivity index (χ1n) is 5.86. The lowest BCUT2D eigenvalue weighted by Crippen LogP contribution is -1.95. The lowest BCUT2D eigenvalue weighted by Gasteiger charge is -2.07. The predicted molar refractivity (Wildman–Crippen MR) is 75.9 cm³/mol. The molecule has 0 saturated carbocycles. The third-order valence-corrected chi connectivity index (χ3v) is 3.08. The van der Waals surface area contributed by atoms with Crippen molar-refractivity contribution in [1.82, 2.24) is 4.98 Å². The molecule has 0 atom stereocenters. The molecule has 0 unspecified atom stereocenters. The van der Waals surface area contributed by atoms with Gasteiger partial charge >= 0.3 is 0 Å². The third-order valence-electron chi connectivity index (χ3n) is 2.59. The van der Waals surface area contributed by atoms with Crippen molar-refractivity contribution in [1.29, 1.82) is 0 Å². The van der Waals surface area contributed by atoms with E-state index in [1.807, 2.05) is 18.3 Å². The fraction of sp³-hybridized carbons (Fsp3) is 0.267. The third kappa shape index (κ3) is 3.40. The number of nitrogens with zero attached hydrogens (tertiary/aromatic N) is 1. The van der Waals surface area contributed by atoms with Crippen LogP contribution in [-0.4, -0.2) is 4.98 Å². The van der Waals surface area contributed by atoms with Gasteiger partial charge in [-0.2, -0.15) is 0 Å². The molecule has 0 N–H and O–H groups in total. The van der Waals surface area contributed by atoms with Crippen LogP contribution in [0.25, 0.3) is 11.3 Å². The first-order valence-corrected chi connectivity index (χ1v) is 6.65. The number of hydrogen-bond acceptors (Lipinski definition) is 1. The largest absolute Gasteiger partial charge is 0.256 e. The van der Waals surface area contributed by atoms with Gasteiger partial charge in [-0.3, -0.25) is 4.98 Å². The van der Waals surface area contributed by atoms with Crippen LogP contribution in [-0.2, 0) is 6.42 Å². The van der Waals surface area contributed by atoms with E-state index < -0.39 is 0 Å². The summed E-state index contributed by atoms with van der Waals surface area (Å²) < 4.78 is 1.09. The van der Waals surface area contributed by atoms with Crippen LogP contribution in [0.3, 0.4) is 0 Å². The fourth-order valence-corrected chi connectivity index (χ4v) is 2.28. The Bertz CT molecular complexity index is 506. The number of benzene rings is 1. The average molecular weight is 290 g/mol. The molecule has 0 aliphatic carbocycles. The van der Waals surface area contributed by atoms with Crippen molar-refractivity contribution < 1.29 is 0 Å². The Morgan fingerprint density at radius 2 is 2.00 bits per heavy atom. The smallest absolute Gasteiger partial charge is 0.0705 e. The van der Waals surface area contributed by atoms with Crippen LogP contribution in [0.1, 0.15) is 19.4 Å². The van der Waals surface area contributed by atoms with E-state index in [0.717, 1.165) is 22.2 Å². The monoisotopic (exact) mass is 289 g/mol. The van der Waals surface area contributed by atoms with Gasteiger partial charge < -0.3 is 0 Å². The van der Waals surface area contributed by atoms with Gasteiger partial charge in [-0.05, 0) is 42.2 Å². The Labute approximate surface area is 111 Å². The molecular weight excluding hydrogens is 274 g/mol. The molecule has 0 amide bonds. The molecule has 0 aliphatic heterocycles. The molecule has 0 radical (unpaired) electrons. The summed E-state index contributed by atoms with van der Waals surface area (Å²) in [7, 11) is 0. The lowest BCUT2D eigenvalue weighted by molar-refractivity contribution is 0.647. The van der Waals surface area contributed by atoms with Gasteiger partial charge in [-0.25, -0.2) is 0 Å². The van der Waals surface area contributed by atoms with Crippen LogP contribution < -0.4 is 0 Å². The van der Waals surface area contributed by atoms with Gasteiger partial charge in [0.15, 0.2) is 0 Å². The standard InChI is InChI=1S/C15H16BrN/c1-11(2)8-12-6-7-17-15(9-12)13-4-3-5-14(16)10-13/h3-7,9-11H,8H2,1-2H3. The van der Waals surface area contributed by atoms with E-state index in [0.29, 0.717) is 5.92 Å². The molecule has 0 fully saturated rings. The topological polar surface area (TPSA) is 12.9 Å². The Hall–Kier alpha value is -1.15. The Balaban J connectivity index is 2.33. The lowest BCUT2D eigenvalue weighted by atomic mass is 10.0. The molecule has 2 heteroatoms. The van der Waals surface area contributed by atoms with Crippen molar-refractivity contribution in [3.63, 3.8) is 0 Å². The molecule has 0 bridgehead atoms. The van der Waals surface area contributed by atoms with Crippen LogP contribution in [0.4, 0.5) is 0 Å². The maximum atomic E-state index is 4.44. The summed E-state index contributed by atoms with van der Waals surface area (Å²) in [5, 5.41) is 0. The quantitative estimate of drug-likeness (QED) is 0.797. The van der Waals surface area contributed by atoms with E-state index >= 15 is 0 Å². The highest BCUT2D eigenvalue weighted by atomic mass is 79.9. The molecule has 1 aromatic carbocycles. The summed E-state index contributed by atoms with van der Waals surface area (Å²) in [4.78, 5) is 4.44. The summed E-state index contributed by atoms with van der Waals surface area (Å²) in [5.74, 6) is 0.674. The van der Waals surface area contributed by atoms with E-state index in [-0.39, 0.29) is 0 Å². The molecular formula is C15H16BrN. The number of rotatable bonds is 3. The second-order valence-electron chi connectivity index (χ2n) is 4.66. The van der Waals surface area contributed by atoms with Crippen LogP contribution in [0.5, 0.6) is 0 Å². The molecule has 2 aromatic rings. The molecule has 0 spiro atoms. The molecule has 0 aliphatic rings. The highest BCUT2D eigenvalue weighted by Crippen LogP contribution is 2.22. The molecule has 17 heavy (non-hydrogen) atoms. The van der Waals surface area contributed by atoms with E-state index in [1.165, 1.54) is 5.56 Å². The van der Waals surface area contributed by atoms with Gasteiger partial charge in [0.25, 0.3) is 0 Å². The minimum absolute atomic E-state index is 0.674. The molecule has 88 valence electrons. The number of aromatic nitrogens is 1. The van der Waals surface area contributed by atoms with E-state index in [4.69, 9.17) is 0 Å². The van der Waals surface area contributed by atoms with Gasteiger partial charge in [0.05, 0.1) is 5.69 Å². The Morgan fingerprint density at radius 1 is 1.18 bits per heavy atom. The number of hydrogen-bond donors (Lipinski definition) is 0. The number of halogens is 1. The maximum Gasteiger partial charge on any atom is 0.0705 e. The van der Waals surface area contributed by atoms with Crippen LogP contribution in [0, 0.1) is 5.92 Å². The molecule has 1 heterocycles. The summed E-state index contributed by atoms with van der Waals surface area (Å²) in [5.41, 5.74) is 3.56. The summed E-state index contributed by atoms with van der Waals surface area (Å²) in [6, 6.07) is 12.5. The molecule has 2 rings (SSSR count). The average Bonchev–Trinajstić information content (AvgIpc) is 2.28. The maximum absolute atomic E-state index is 4.44. The summed E-state index contributed by atoms with van der Waals surface area (Å²) in [6.45, 7) is 4.47. The Kier molecular flexibility index (Phi) is 3.95. The van der Waals surface area contributed by atoms with E-state index in [9.17, 15) is 0 Å². The second kappa shape index (κ2) is 5.46. The van der Waals surface area contributed by atoms with Crippen molar-refractivity contribution in [3.05, 3.63) is 52.6 Å². The fourth-order valence-electron chi connectivity index (χ4n) is 1.88. The van der Waals surface area contributed by atoms with E-state index in [1.54, 1.807) is 0 Å². The zero-order chi connectivity index (χ0) is 12.3.